The molecular formula is C20H15NS. The molecule has 4 rings (SSSR count). The topological polar surface area (TPSA) is 12.4 Å². The number of aryl methyl sites for hydroxylation is 1. The van der Waals surface area contributed by atoms with Gasteiger partial charge in [-0.25, -0.2) is 4.99 Å². The highest BCUT2D eigenvalue weighted by molar-refractivity contribution is 7.99. The van der Waals surface area contributed by atoms with E-state index in [1.54, 1.807) is 11.8 Å². The van der Waals surface area contributed by atoms with E-state index in [1.807, 2.05) is 6.07 Å². The van der Waals surface area contributed by atoms with Crippen molar-refractivity contribution < 1.29 is 0 Å². The molecule has 1 aliphatic rings. The van der Waals surface area contributed by atoms with Crippen LogP contribution in [0.2, 0.25) is 0 Å². The van der Waals surface area contributed by atoms with Gasteiger partial charge in [-0.1, -0.05) is 66.4 Å². The molecule has 0 bridgehead atoms. The Kier molecular flexibility index (Phi) is 3.32. The summed E-state index contributed by atoms with van der Waals surface area (Å²) < 4.78 is 0. The highest BCUT2D eigenvalue weighted by Crippen LogP contribution is 2.41. The Hall–Kier alpha value is -2.32. The molecule has 22 heavy (non-hydrogen) atoms. The molecule has 106 valence electrons. The summed E-state index contributed by atoms with van der Waals surface area (Å²) in [4.78, 5) is 7.48. The van der Waals surface area contributed by atoms with E-state index in [2.05, 4.69) is 73.7 Å². The van der Waals surface area contributed by atoms with Gasteiger partial charge in [0.15, 0.2) is 0 Å². The third-order valence-electron chi connectivity index (χ3n) is 3.76. The Balaban J connectivity index is 2.00. The van der Waals surface area contributed by atoms with Crippen LogP contribution in [0.15, 0.2) is 87.6 Å². The first kappa shape index (κ1) is 13.4. The average molecular weight is 301 g/mol. The zero-order chi connectivity index (χ0) is 14.9. The average Bonchev–Trinajstić information content (AvgIpc) is 2.72. The molecule has 0 N–H and O–H groups in total. The van der Waals surface area contributed by atoms with Gasteiger partial charge in [0, 0.05) is 20.9 Å². The third-order valence-corrected chi connectivity index (χ3v) is 4.90. The van der Waals surface area contributed by atoms with Crippen LogP contribution >= 0.6 is 11.8 Å². The molecule has 0 saturated carbocycles. The Labute approximate surface area is 134 Å². The fourth-order valence-corrected chi connectivity index (χ4v) is 3.67. The lowest BCUT2D eigenvalue weighted by Crippen LogP contribution is -2.03. The second-order valence-electron chi connectivity index (χ2n) is 5.40. The van der Waals surface area contributed by atoms with Gasteiger partial charge in [0.1, 0.15) is 0 Å². The number of hydrogen-bond acceptors (Lipinski definition) is 2. The molecule has 1 aliphatic heterocycles. The first-order chi connectivity index (χ1) is 10.8. The quantitative estimate of drug-likeness (QED) is 0.444. The van der Waals surface area contributed by atoms with Gasteiger partial charge >= 0.3 is 0 Å². The molecule has 3 aromatic rings. The molecule has 1 nitrogen and oxygen atoms in total. The normalized spacial score (nSPS) is 12.9. The second-order valence-corrected chi connectivity index (χ2v) is 6.48. The van der Waals surface area contributed by atoms with Crippen LogP contribution in [0.3, 0.4) is 0 Å². The van der Waals surface area contributed by atoms with E-state index in [0.717, 1.165) is 17.0 Å². The van der Waals surface area contributed by atoms with Crippen LogP contribution in [0.25, 0.3) is 0 Å². The number of fused-ring (bicyclic) bond motifs is 2. The summed E-state index contributed by atoms with van der Waals surface area (Å²) in [6, 6.07) is 25.4. The van der Waals surface area contributed by atoms with Crippen LogP contribution < -0.4 is 0 Å². The van der Waals surface area contributed by atoms with Gasteiger partial charge in [-0.05, 0) is 30.7 Å². The van der Waals surface area contributed by atoms with Crippen molar-refractivity contribution >= 4 is 23.2 Å². The van der Waals surface area contributed by atoms with Crippen molar-refractivity contribution in [1.29, 1.82) is 0 Å². The summed E-state index contributed by atoms with van der Waals surface area (Å²) in [7, 11) is 0. The van der Waals surface area contributed by atoms with E-state index < -0.39 is 0 Å². The fourth-order valence-electron chi connectivity index (χ4n) is 2.67. The monoisotopic (exact) mass is 301 g/mol. The minimum atomic E-state index is 1.05. The molecule has 3 aromatic carbocycles. The Morgan fingerprint density at radius 1 is 0.773 bits per heavy atom. The summed E-state index contributed by atoms with van der Waals surface area (Å²) in [5, 5.41) is 0. The predicted molar refractivity (Wildman–Crippen MR) is 93.5 cm³/mol. The summed E-state index contributed by atoms with van der Waals surface area (Å²) in [6.07, 6.45) is 0. The van der Waals surface area contributed by atoms with Gasteiger partial charge in [0.2, 0.25) is 0 Å². The van der Waals surface area contributed by atoms with Crippen molar-refractivity contribution in [3.8, 4) is 0 Å². The number of aliphatic imine (C=N–C) groups is 1. The van der Waals surface area contributed by atoms with Crippen molar-refractivity contribution in [1.82, 2.24) is 0 Å². The van der Waals surface area contributed by atoms with Crippen molar-refractivity contribution in [2.45, 2.75) is 16.7 Å². The lowest BCUT2D eigenvalue weighted by Gasteiger charge is -2.08. The Morgan fingerprint density at radius 3 is 2.41 bits per heavy atom. The maximum absolute atomic E-state index is 5.01. The molecular weight excluding hydrogens is 286 g/mol. The number of hydrogen-bond donors (Lipinski definition) is 0. The summed E-state index contributed by atoms with van der Waals surface area (Å²) in [5.41, 5.74) is 5.70. The second kappa shape index (κ2) is 5.47. The highest BCUT2D eigenvalue weighted by atomic mass is 32.2. The molecule has 0 spiro atoms. The molecule has 0 amide bonds. The van der Waals surface area contributed by atoms with Crippen LogP contribution in [-0.4, -0.2) is 5.71 Å². The van der Waals surface area contributed by atoms with Crippen LogP contribution in [0.5, 0.6) is 0 Å². The van der Waals surface area contributed by atoms with E-state index in [1.165, 1.54) is 20.9 Å². The first-order valence-corrected chi connectivity index (χ1v) is 8.15. The van der Waals surface area contributed by atoms with Crippen molar-refractivity contribution in [2.24, 2.45) is 4.99 Å². The maximum Gasteiger partial charge on any atom is 0.0793 e. The van der Waals surface area contributed by atoms with E-state index in [0.29, 0.717) is 0 Å². The SMILES string of the molecule is Cc1ccc2c(c1)N=C(c1ccccc1)c1ccccc1S2. The van der Waals surface area contributed by atoms with Gasteiger partial charge in [-0.2, -0.15) is 0 Å². The van der Waals surface area contributed by atoms with Crippen LogP contribution in [0.1, 0.15) is 16.7 Å². The van der Waals surface area contributed by atoms with Crippen molar-refractivity contribution in [3.05, 3.63) is 89.5 Å². The molecule has 0 unspecified atom stereocenters. The molecule has 0 saturated heterocycles. The molecule has 0 radical (unpaired) electrons. The molecule has 0 aliphatic carbocycles. The van der Waals surface area contributed by atoms with Gasteiger partial charge in [0.25, 0.3) is 0 Å². The molecule has 0 fully saturated rings. The molecule has 2 heteroatoms. The van der Waals surface area contributed by atoms with Gasteiger partial charge in [-0.3, -0.25) is 0 Å². The number of nitrogens with zero attached hydrogens (tertiary/aromatic N) is 1. The molecule has 0 aromatic heterocycles. The predicted octanol–water partition coefficient (Wildman–Crippen LogP) is 5.63. The number of benzene rings is 3. The highest BCUT2D eigenvalue weighted by Gasteiger charge is 2.18. The first-order valence-electron chi connectivity index (χ1n) is 7.33. The largest absolute Gasteiger partial charge is 0.247 e. The van der Waals surface area contributed by atoms with Gasteiger partial charge < -0.3 is 0 Å². The standard InChI is InChI=1S/C20H15NS/c1-14-11-12-19-17(13-14)21-20(15-7-3-2-4-8-15)16-9-5-6-10-18(16)22-19/h2-13H,1H3. The molecule has 1 heterocycles. The summed E-state index contributed by atoms with van der Waals surface area (Å²) in [6.45, 7) is 2.11. The van der Waals surface area contributed by atoms with E-state index >= 15 is 0 Å². The Morgan fingerprint density at radius 2 is 1.55 bits per heavy atom. The van der Waals surface area contributed by atoms with Gasteiger partial charge in [0.05, 0.1) is 11.4 Å². The van der Waals surface area contributed by atoms with Crippen molar-refractivity contribution in [3.63, 3.8) is 0 Å². The zero-order valence-electron chi connectivity index (χ0n) is 12.3. The van der Waals surface area contributed by atoms with E-state index in [4.69, 9.17) is 4.99 Å². The minimum absolute atomic E-state index is 1.05. The lowest BCUT2D eigenvalue weighted by molar-refractivity contribution is 1.33. The minimum Gasteiger partial charge on any atom is -0.247 e. The lowest BCUT2D eigenvalue weighted by atomic mass is 10.0. The third kappa shape index (κ3) is 2.36. The zero-order valence-corrected chi connectivity index (χ0v) is 13.1. The van der Waals surface area contributed by atoms with Crippen LogP contribution in [-0.2, 0) is 0 Å². The van der Waals surface area contributed by atoms with Gasteiger partial charge in [-0.15, -0.1) is 0 Å². The smallest absolute Gasteiger partial charge is 0.0793 e. The van der Waals surface area contributed by atoms with E-state index in [-0.39, 0.29) is 0 Å². The Bertz CT molecular complexity index is 866. The molecule has 0 atom stereocenters. The van der Waals surface area contributed by atoms with Crippen molar-refractivity contribution in [2.75, 3.05) is 0 Å². The summed E-state index contributed by atoms with van der Waals surface area (Å²) >= 11 is 1.80. The van der Waals surface area contributed by atoms with Crippen LogP contribution in [0, 0.1) is 6.92 Å². The number of rotatable bonds is 1. The summed E-state index contributed by atoms with van der Waals surface area (Å²) in [5.74, 6) is 0. The maximum atomic E-state index is 5.01. The van der Waals surface area contributed by atoms with Crippen LogP contribution in [0.4, 0.5) is 5.69 Å². The van der Waals surface area contributed by atoms with E-state index in [9.17, 15) is 0 Å². The fraction of sp³-hybridized carbons (Fsp3) is 0.0500.